The number of oxazole rings is 1. The third-order valence-electron chi connectivity index (χ3n) is 9.90. The standard InChI is InChI=1S/C38H26N2O2/c1-2-9-22-17-28-27(16-21(22)8-1)34(31-19-41-20-39-31)35-26-13-7-12-25-24-11-4-3-10-23(24)18-29(33(25)26)36(35)37(28)38-40-30-14-5-6-15-32(30)42-38/h1-17,19-20,23-24,29,38,40H,18H2/p+1. The summed E-state index contributed by atoms with van der Waals surface area (Å²) in [4.78, 5) is 4.76. The molecule has 2 heterocycles. The van der Waals surface area contributed by atoms with Crippen LogP contribution in [0.1, 0.15) is 46.7 Å². The van der Waals surface area contributed by atoms with E-state index in [-0.39, 0.29) is 12.1 Å². The number of benzene rings is 5. The van der Waals surface area contributed by atoms with E-state index in [1.54, 1.807) is 12.7 Å². The van der Waals surface area contributed by atoms with E-state index in [0.29, 0.717) is 11.8 Å². The van der Waals surface area contributed by atoms with Crippen molar-refractivity contribution in [1.82, 2.24) is 4.98 Å². The van der Waals surface area contributed by atoms with Gasteiger partial charge in [0.15, 0.2) is 6.39 Å². The number of ether oxygens (including phenoxy) is 1. The van der Waals surface area contributed by atoms with E-state index in [4.69, 9.17) is 14.1 Å². The number of aliphatic hydroxyl groups is 1. The quantitative estimate of drug-likeness (QED) is 0.134. The number of aromatic hydroxyl groups is 1. The number of hydrogen-bond donors (Lipinski definition) is 1. The Morgan fingerprint density at radius 2 is 1.62 bits per heavy atom. The molecule has 5 aromatic carbocycles. The van der Waals surface area contributed by atoms with Crippen LogP contribution in [0.5, 0.6) is 5.75 Å². The molecule has 10 rings (SSSR count). The maximum Gasteiger partial charge on any atom is 0.290 e. The second-order valence-corrected chi connectivity index (χ2v) is 11.9. The first-order chi connectivity index (χ1) is 20.8. The number of rotatable bonds is 2. The molecule has 4 heteroatoms. The van der Waals surface area contributed by atoms with Crippen LogP contribution in [0.2, 0.25) is 0 Å². The van der Waals surface area contributed by atoms with Crippen molar-refractivity contribution >= 4 is 27.2 Å². The zero-order valence-electron chi connectivity index (χ0n) is 22.8. The van der Waals surface area contributed by atoms with E-state index in [2.05, 4.69) is 108 Å². The molecule has 0 saturated carbocycles. The van der Waals surface area contributed by atoms with Crippen LogP contribution in [0.15, 0.2) is 120 Å². The van der Waals surface area contributed by atoms with Gasteiger partial charge in [0, 0.05) is 23.5 Å². The van der Waals surface area contributed by atoms with Crippen molar-refractivity contribution in [2.24, 2.45) is 5.92 Å². The van der Waals surface area contributed by atoms with Crippen molar-refractivity contribution < 1.29 is 9.15 Å². The molecule has 1 aromatic heterocycles. The third-order valence-corrected chi connectivity index (χ3v) is 9.90. The maximum atomic E-state index is 5.63. The van der Waals surface area contributed by atoms with E-state index in [1.807, 2.05) is 0 Å². The lowest BCUT2D eigenvalue weighted by Crippen LogP contribution is -2.23. The van der Waals surface area contributed by atoms with Gasteiger partial charge in [-0.05, 0) is 79.9 Å². The summed E-state index contributed by atoms with van der Waals surface area (Å²) < 4.78 is 10.9. The Morgan fingerprint density at radius 3 is 2.48 bits per heavy atom. The summed E-state index contributed by atoms with van der Waals surface area (Å²) in [5.41, 5.74) is 11.4. The molecule has 0 fully saturated rings. The summed E-state index contributed by atoms with van der Waals surface area (Å²) >= 11 is 0. The van der Waals surface area contributed by atoms with Crippen molar-refractivity contribution in [3.05, 3.63) is 138 Å². The van der Waals surface area contributed by atoms with Crippen LogP contribution < -0.4 is 5.32 Å². The highest BCUT2D eigenvalue weighted by Gasteiger charge is 2.46. The molecule has 0 saturated heterocycles. The first-order valence-electron chi connectivity index (χ1n) is 14.8. The molecule has 4 aliphatic rings. The van der Waals surface area contributed by atoms with Crippen molar-refractivity contribution in [3.8, 4) is 28.1 Å². The highest BCUT2D eigenvalue weighted by Crippen LogP contribution is 2.62. The molecule has 0 spiro atoms. The molecule has 2 N–H and O–H groups in total. The molecule has 0 radical (unpaired) electrons. The molecule has 6 aromatic rings. The van der Waals surface area contributed by atoms with E-state index in [0.717, 1.165) is 29.1 Å². The largest absolute Gasteiger partial charge is 0.561 e. The minimum atomic E-state index is -0.177. The minimum Gasteiger partial charge on any atom is -0.561 e. The summed E-state index contributed by atoms with van der Waals surface area (Å²) in [6.07, 6.45) is 13.5. The van der Waals surface area contributed by atoms with E-state index < -0.39 is 0 Å². The number of fused-ring (bicyclic) bond motifs is 8. The zero-order chi connectivity index (χ0) is 27.4. The predicted octanol–water partition coefficient (Wildman–Crippen LogP) is 9.36. The second-order valence-electron chi connectivity index (χ2n) is 11.9. The monoisotopic (exact) mass is 543 g/mol. The average Bonchev–Trinajstić information content (AvgIpc) is 3.79. The zero-order valence-corrected chi connectivity index (χ0v) is 22.8. The fraction of sp³-hybridized carbons (Fsp3) is 0.132. The first kappa shape index (κ1) is 22.6. The number of aromatic nitrogens is 1. The number of hydrogen-bond acceptors (Lipinski definition) is 3. The van der Waals surface area contributed by atoms with Gasteiger partial charge in [0.05, 0.1) is 5.56 Å². The summed E-state index contributed by atoms with van der Waals surface area (Å²) in [5.74, 6) is 2.17. The topological polar surface area (TPSA) is 50.9 Å². The van der Waals surface area contributed by atoms with Gasteiger partial charge in [0.2, 0.25) is 0 Å². The van der Waals surface area contributed by atoms with Gasteiger partial charge in [-0.2, -0.15) is 0 Å². The van der Waals surface area contributed by atoms with Crippen LogP contribution in [0.3, 0.4) is 0 Å². The van der Waals surface area contributed by atoms with E-state index >= 15 is 0 Å². The Morgan fingerprint density at radius 1 is 0.786 bits per heavy atom. The van der Waals surface area contributed by atoms with Gasteiger partial charge in [-0.1, -0.05) is 78.9 Å². The van der Waals surface area contributed by atoms with Gasteiger partial charge in [-0.3, -0.25) is 5.32 Å². The molecule has 4 nitrogen and oxygen atoms in total. The SMILES string of the molecule is C1=CC2CC3c4c(cccc4C2C=C1)-c1c3c(C2Nc3ccccc3[OH+]2)c2cc3ccccc3cc2c1-c1cocn1. The molecule has 42 heavy (non-hydrogen) atoms. The number of para-hydroxylation sites is 2. The Bertz CT molecular complexity index is 2130. The van der Waals surface area contributed by atoms with E-state index in [1.165, 1.54) is 54.9 Å². The van der Waals surface area contributed by atoms with Crippen molar-refractivity contribution in [2.75, 3.05) is 5.32 Å². The Hall–Kier alpha value is -5.09. The fourth-order valence-corrected chi connectivity index (χ4v) is 8.27. The van der Waals surface area contributed by atoms with Gasteiger partial charge < -0.3 is 9.15 Å². The summed E-state index contributed by atoms with van der Waals surface area (Å²) in [6, 6.07) is 28.7. The highest BCUT2D eigenvalue weighted by atomic mass is 16.5. The van der Waals surface area contributed by atoms with Crippen LogP contribution in [0.25, 0.3) is 43.9 Å². The third kappa shape index (κ3) is 2.94. The van der Waals surface area contributed by atoms with Crippen LogP contribution in [0.4, 0.5) is 5.69 Å². The molecule has 4 atom stereocenters. The summed E-state index contributed by atoms with van der Waals surface area (Å²) in [6.45, 7) is 0. The highest BCUT2D eigenvalue weighted by molar-refractivity contribution is 6.13. The maximum absolute atomic E-state index is 5.63. The van der Waals surface area contributed by atoms with Gasteiger partial charge in [-0.25, -0.2) is 4.98 Å². The average molecular weight is 544 g/mol. The molecular weight excluding hydrogens is 516 g/mol. The lowest BCUT2D eigenvalue weighted by Gasteiger charge is -2.36. The molecule has 3 aliphatic carbocycles. The number of allylic oxidation sites excluding steroid dienone is 4. The molecule has 0 bridgehead atoms. The number of nitrogens with zero attached hydrogens (tertiary/aromatic N) is 1. The van der Waals surface area contributed by atoms with Gasteiger partial charge in [0.25, 0.3) is 12.0 Å². The summed E-state index contributed by atoms with van der Waals surface area (Å²) in [7, 11) is 0. The number of anilines is 1. The first-order valence-corrected chi connectivity index (χ1v) is 14.8. The molecule has 4 unspecified atom stereocenters. The Kier molecular flexibility index (Phi) is 4.43. The van der Waals surface area contributed by atoms with Gasteiger partial charge in [-0.15, -0.1) is 0 Å². The molecule has 0 amide bonds. The number of nitrogens with one attached hydrogen (secondary N) is 1. The summed E-state index contributed by atoms with van der Waals surface area (Å²) in [5, 5.41) is 8.68. The molecule has 200 valence electrons. The Balaban J connectivity index is 1.37. The van der Waals surface area contributed by atoms with Crippen molar-refractivity contribution in [3.63, 3.8) is 0 Å². The molecular formula is C38H27N2O2+. The van der Waals surface area contributed by atoms with Crippen LogP contribution >= 0.6 is 0 Å². The molecule has 1 aliphatic heterocycles. The van der Waals surface area contributed by atoms with Crippen molar-refractivity contribution in [2.45, 2.75) is 24.5 Å². The van der Waals surface area contributed by atoms with Gasteiger partial charge >= 0.3 is 0 Å². The normalized spacial score (nSPS) is 22.4. The smallest absolute Gasteiger partial charge is 0.290 e. The fourth-order valence-electron chi connectivity index (χ4n) is 8.27. The van der Waals surface area contributed by atoms with Crippen LogP contribution in [0, 0.1) is 5.92 Å². The lowest BCUT2D eigenvalue weighted by molar-refractivity contribution is 0.0211. The van der Waals surface area contributed by atoms with Crippen molar-refractivity contribution in [1.29, 1.82) is 0 Å². The minimum absolute atomic E-state index is 0.177. The Labute approximate surface area is 243 Å². The van der Waals surface area contributed by atoms with Crippen LogP contribution in [-0.2, 0) is 0 Å². The lowest BCUT2D eigenvalue weighted by atomic mass is 9.68. The van der Waals surface area contributed by atoms with Gasteiger partial charge in [0.1, 0.15) is 17.6 Å². The van der Waals surface area contributed by atoms with E-state index in [9.17, 15) is 0 Å². The van der Waals surface area contributed by atoms with Crippen LogP contribution in [-0.4, -0.2) is 9.72 Å². The predicted molar refractivity (Wildman–Crippen MR) is 168 cm³/mol. The second kappa shape index (κ2) is 8.23.